The zero-order valence-electron chi connectivity index (χ0n) is 15.6. The quantitative estimate of drug-likeness (QED) is 0.589. The molecule has 0 fully saturated rings. The summed E-state index contributed by atoms with van der Waals surface area (Å²) in [6.45, 7) is 4.44. The average molecular weight is 411 g/mol. The molecule has 0 aliphatic carbocycles. The van der Waals surface area contributed by atoms with E-state index in [-0.39, 0.29) is 9.79 Å². The first-order valence-corrected chi connectivity index (χ1v) is 11.8. The summed E-state index contributed by atoms with van der Waals surface area (Å²) in [6.07, 6.45) is 1.99. The maximum Gasteiger partial charge on any atom is 0.240 e. The molecule has 0 saturated carbocycles. The third kappa shape index (κ3) is 6.73. The van der Waals surface area contributed by atoms with Gasteiger partial charge in [-0.15, -0.1) is 0 Å². The van der Waals surface area contributed by atoms with Crippen LogP contribution in [0.1, 0.15) is 30.4 Å². The molecule has 0 aromatic heterocycles. The maximum atomic E-state index is 12.1. The summed E-state index contributed by atoms with van der Waals surface area (Å²) in [5, 5.41) is 0. The van der Waals surface area contributed by atoms with Gasteiger partial charge in [0.1, 0.15) is 0 Å². The van der Waals surface area contributed by atoms with Crippen LogP contribution >= 0.6 is 0 Å². The van der Waals surface area contributed by atoms with Gasteiger partial charge in [-0.05, 0) is 51.0 Å². The van der Waals surface area contributed by atoms with Crippen molar-refractivity contribution in [3.63, 3.8) is 0 Å². The molecule has 0 atom stereocenters. The molecule has 0 radical (unpaired) electrons. The number of nitrogens with one attached hydrogen (secondary N) is 2. The Hall–Kier alpha value is -1.74. The molecule has 2 aromatic rings. The van der Waals surface area contributed by atoms with Crippen LogP contribution in [0, 0.1) is 13.8 Å². The fourth-order valence-corrected chi connectivity index (χ4v) is 4.59. The molecule has 0 bridgehead atoms. The molecule has 0 spiro atoms. The van der Waals surface area contributed by atoms with Gasteiger partial charge in [-0.1, -0.05) is 41.8 Å². The predicted octanol–water partition coefficient (Wildman–Crippen LogP) is 2.73. The van der Waals surface area contributed by atoms with E-state index < -0.39 is 20.0 Å². The summed E-state index contributed by atoms with van der Waals surface area (Å²) in [4.78, 5) is 0.498. The Kier molecular flexibility index (Phi) is 7.55. The number of rotatable bonds is 10. The molecule has 0 amide bonds. The highest BCUT2D eigenvalue weighted by Crippen LogP contribution is 2.11. The van der Waals surface area contributed by atoms with E-state index in [4.69, 9.17) is 0 Å². The number of hydrogen-bond acceptors (Lipinski definition) is 4. The molecular weight excluding hydrogens is 384 g/mol. The molecule has 0 aliphatic heterocycles. The van der Waals surface area contributed by atoms with Crippen molar-refractivity contribution < 1.29 is 16.8 Å². The molecule has 0 unspecified atom stereocenters. The minimum atomic E-state index is -3.49. The van der Waals surface area contributed by atoms with Gasteiger partial charge in [0.05, 0.1) is 9.79 Å². The Bertz CT molecular complexity index is 857. The van der Waals surface area contributed by atoms with Gasteiger partial charge >= 0.3 is 0 Å². The van der Waals surface area contributed by atoms with E-state index in [1.54, 1.807) is 48.5 Å². The fourth-order valence-electron chi connectivity index (χ4n) is 2.44. The lowest BCUT2D eigenvalue weighted by atomic mass is 10.2. The van der Waals surface area contributed by atoms with Gasteiger partial charge in [0.25, 0.3) is 0 Å². The summed E-state index contributed by atoms with van der Waals surface area (Å²) < 4.78 is 53.7. The minimum absolute atomic E-state index is 0.249. The molecule has 8 heteroatoms. The molecule has 0 heterocycles. The first-order chi connectivity index (χ1) is 12.7. The Labute approximate surface area is 162 Å². The lowest BCUT2D eigenvalue weighted by Crippen LogP contribution is -2.26. The van der Waals surface area contributed by atoms with Gasteiger partial charge in [0.2, 0.25) is 20.0 Å². The number of aryl methyl sites for hydroxylation is 2. The normalized spacial score (nSPS) is 12.2. The third-order valence-corrected chi connectivity index (χ3v) is 7.05. The van der Waals surface area contributed by atoms with Crippen LogP contribution in [0.2, 0.25) is 0 Å². The molecule has 2 aromatic carbocycles. The zero-order valence-corrected chi connectivity index (χ0v) is 17.2. The SMILES string of the molecule is Cc1ccc(S(=O)(=O)NCCCCCNS(=O)(=O)c2ccc(C)cc2)cc1. The monoisotopic (exact) mass is 410 g/mol. The second kappa shape index (κ2) is 9.45. The van der Waals surface area contributed by atoms with Crippen molar-refractivity contribution in [3.8, 4) is 0 Å². The number of hydrogen-bond donors (Lipinski definition) is 2. The van der Waals surface area contributed by atoms with Crippen molar-refractivity contribution >= 4 is 20.0 Å². The van der Waals surface area contributed by atoms with Crippen LogP contribution in [-0.4, -0.2) is 29.9 Å². The highest BCUT2D eigenvalue weighted by atomic mass is 32.2. The van der Waals surface area contributed by atoms with E-state index in [0.717, 1.165) is 11.1 Å². The Balaban J connectivity index is 1.68. The van der Waals surface area contributed by atoms with E-state index in [0.29, 0.717) is 32.4 Å². The van der Waals surface area contributed by atoms with E-state index in [9.17, 15) is 16.8 Å². The fraction of sp³-hybridized carbons (Fsp3) is 0.368. The Morgan fingerprint density at radius 1 is 0.593 bits per heavy atom. The standard InChI is InChI=1S/C19H26N2O4S2/c1-16-6-10-18(11-7-16)26(22,23)20-14-4-3-5-15-21-27(24,25)19-12-8-17(2)9-13-19/h6-13,20-21H,3-5,14-15H2,1-2H3. The highest BCUT2D eigenvalue weighted by molar-refractivity contribution is 7.89. The van der Waals surface area contributed by atoms with E-state index in [1.807, 2.05) is 13.8 Å². The summed E-state index contributed by atoms with van der Waals surface area (Å²) in [7, 11) is -6.99. The lowest BCUT2D eigenvalue weighted by Gasteiger charge is -2.08. The number of sulfonamides is 2. The summed E-state index contributed by atoms with van der Waals surface area (Å²) >= 11 is 0. The third-order valence-electron chi connectivity index (χ3n) is 4.10. The van der Waals surface area contributed by atoms with Crippen LogP contribution in [0.25, 0.3) is 0 Å². The Morgan fingerprint density at radius 2 is 0.926 bits per heavy atom. The first kappa shape index (κ1) is 21.6. The smallest absolute Gasteiger partial charge is 0.211 e. The molecular formula is C19H26N2O4S2. The molecule has 148 valence electrons. The van der Waals surface area contributed by atoms with Crippen LogP contribution in [0.15, 0.2) is 58.3 Å². The lowest BCUT2D eigenvalue weighted by molar-refractivity contribution is 0.568. The van der Waals surface area contributed by atoms with Crippen molar-refractivity contribution in [2.45, 2.75) is 42.9 Å². The molecule has 2 N–H and O–H groups in total. The summed E-state index contributed by atoms with van der Waals surface area (Å²) in [5.41, 5.74) is 2.00. The van der Waals surface area contributed by atoms with Gasteiger partial charge in [-0.25, -0.2) is 26.3 Å². The number of unbranched alkanes of at least 4 members (excludes halogenated alkanes) is 2. The Morgan fingerprint density at radius 3 is 1.26 bits per heavy atom. The van der Waals surface area contributed by atoms with Crippen LogP contribution < -0.4 is 9.44 Å². The van der Waals surface area contributed by atoms with Crippen molar-refractivity contribution in [1.82, 2.24) is 9.44 Å². The summed E-state index contributed by atoms with van der Waals surface area (Å²) in [5.74, 6) is 0. The average Bonchev–Trinajstić information content (AvgIpc) is 2.61. The van der Waals surface area contributed by atoms with E-state index in [1.165, 1.54) is 0 Å². The van der Waals surface area contributed by atoms with Gasteiger partial charge in [-0.2, -0.15) is 0 Å². The van der Waals surface area contributed by atoms with Crippen LogP contribution in [0.5, 0.6) is 0 Å². The zero-order chi connectivity index (χ0) is 19.9. The molecule has 2 rings (SSSR count). The van der Waals surface area contributed by atoms with Gasteiger partial charge in [0.15, 0.2) is 0 Å². The second-order valence-corrected chi connectivity index (χ2v) is 10.0. The van der Waals surface area contributed by atoms with Crippen LogP contribution in [-0.2, 0) is 20.0 Å². The van der Waals surface area contributed by atoms with Crippen molar-refractivity contribution in [2.75, 3.05) is 13.1 Å². The largest absolute Gasteiger partial charge is 0.240 e. The van der Waals surface area contributed by atoms with Crippen LogP contribution in [0.4, 0.5) is 0 Å². The predicted molar refractivity (Wildman–Crippen MR) is 107 cm³/mol. The van der Waals surface area contributed by atoms with Crippen molar-refractivity contribution in [3.05, 3.63) is 59.7 Å². The van der Waals surface area contributed by atoms with Crippen molar-refractivity contribution in [1.29, 1.82) is 0 Å². The molecule has 6 nitrogen and oxygen atoms in total. The summed E-state index contributed by atoms with van der Waals surface area (Å²) in [6, 6.07) is 13.4. The van der Waals surface area contributed by atoms with E-state index >= 15 is 0 Å². The minimum Gasteiger partial charge on any atom is -0.211 e. The van der Waals surface area contributed by atoms with Gasteiger partial charge < -0.3 is 0 Å². The number of benzene rings is 2. The second-order valence-electron chi connectivity index (χ2n) is 6.48. The highest BCUT2D eigenvalue weighted by Gasteiger charge is 2.13. The molecule has 0 saturated heterocycles. The van der Waals surface area contributed by atoms with Crippen LogP contribution in [0.3, 0.4) is 0 Å². The molecule has 27 heavy (non-hydrogen) atoms. The van der Waals surface area contributed by atoms with Gasteiger partial charge in [0, 0.05) is 13.1 Å². The first-order valence-electron chi connectivity index (χ1n) is 8.83. The maximum absolute atomic E-state index is 12.1. The van der Waals surface area contributed by atoms with Crippen molar-refractivity contribution in [2.24, 2.45) is 0 Å². The van der Waals surface area contributed by atoms with Gasteiger partial charge in [-0.3, -0.25) is 0 Å². The topological polar surface area (TPSA) is 92.3 Å². The van der Waals surface area contributed by atoms with E-state index in [2.05, 4.69) is 9.44 Å². The molecule has 0 aliphatic rings.